The summed E-state index contributed by atoms with van der Waals surface area (Å²) in [5.41, 5.74) is 0.880. The van der Waals surface area contributed by atoms with Crippen molar-refractivity contribution in [1.82, 2.24) is 4.98 Å². The smallest absolute Gasteiger partial charge is 0.139 e. The van der Waals surface area contributed by atoms with E-state index in [4.69, 9.17) is 0 Å². The molecule has 1 aromatic heterocycles. The van der Waals surface area contributed by atoms with Gasteiger partial charge in [-0.25, -0.2) is 0 Å². The number of hydrogen-bond acceptors (Lipinski definition) is 2. The van der Waals surface area contributed by atoms with Crippen molar-refractivity contribution in [2.75, 3.05) is 0 Å². The molecule has 2 heteroatoms. The van der Waals surface area contributed by atoms with Crippen LogP contribution in [0.1, 0.15) is 32.4 Å². The molecule has 0 aliphatic heterocycles. The minimum Gasteiger partial charge on any atom is -0.299 e. The Bertz CT molecular complexity index is 279. The highest BCUT2D eigenvalue weighted by Gasteiger charge is 2.21. The molecule has 1 rings (SSSR count). The maximum Gasteiger partial charge on any atom is 0.139 e. The van der Waals surface area contributed by atoms with Crippen molar-refractivity contribution in [3.8, 4) is 0 Å². The van der Waals surface area contributed by atoms with E-state index in [9.17, 15) is 4.79 Å². The molecule has 2 nitrogen and oxygen atoms in total. The monoisotopic (exact) mass is 177 g/mol. The van der Waals surface area contributed by atoms with E-state index in [2.05, 4.69) is 4.98 Å². The molecule has 13 heavy (non-hydrogen) atoms. The number of hydrogen-bond donors (Lipinski definition) is 0. The van der Waals surface area contributed by atoms with Crippen LogP contribution in [0, 0.1) is 5.92 Å². The van der Waals surface area contributed by atoms with Gasteiger partial charge in [0, 0.05) is 6.20 Å². The molecular formula is C11H15NO. The molecule has 0 amide bonds. The van der Waals surface area contributed by atoms with Crippen molar-refractivity contribution in [2.45, 2.75) is 26.7 Å². The summed E-state index contributed by atoms with van der Waals surface area (Å²) in [6.07, 6.45) is 1.73. The number of aromatic nitrogens is 1. The van der Waals surface area contributed by atoms with E-state index in [1.54, 1.807) is 13.1 Å². The number of nitrogens with zero attached hydrogens (tertiary/aromatic N) is 1. The molecule has 0 saturated carbocycles. The predicted molar refractivity (Wildman–Crippen MR) is 52.5 cm³/mol. The Morgan fingerprint density at radius 2 is 2.08 bits per heavy atom. The summed E-state index contributed by atoms with van der Waals surface area (Å²) in [6.45, 7) is 5.71. The maximum atomic E-state index is 11.3. The Labute approximate surface area is 79.0 Å². The molecule has 0 aliphatic rings. The summed E-state index contributed by atoms with van der Waals surface area (Å²) in [7, 11) is 0. The third-order valence-electron chi connectivity index (χ3n) is 2.11. The van der Waals surface area contributed by atoms with Gasteiger partial charge >= 0.3 is 0 Å². The van der Waals surface area contributed by atoms with Crippen LogP contribution in [-0.2, 0) is 4.79 Å². The number of carbonyl (C=O) groups excluding carboxylic acids is 1. The van der Waals surface area contributed by atoms with Crippen LogP contribution in [-0.4, -0.2) is 10.8 Å². The Morgan fingerprint density at radius 3 is 2.46 bits per heavy atom. The van der Waals surface area contributed by atoms with E-state index in [1.807, 2.05) is 32.0 Å². The molecule has 1 aromatic rings. The van der Waals surface area contributed by atoms with E-state index >= 15 is 0 Å². The van der Waals surface area contributed by atoms with Crippen LogP contribution in [0.15, 0.2) is 24.4 Å². The third kappa shape index (κ3) is 2.38. The normalized spacial score (nSPS) is 12.9. The van der Waals surface area contributed by atoms with E-state index in [0.29, 0.717) is 5.92 Å². The first-order valence-corrected chi connectivity index (χ1v) is 4.54. The molecule has 0 spiro atoms. The second-order valence-electron chi connectivity index (χ2n) is 3.59. The topological polar surface area (TPSA) is 30.0 Å². The second kappa shape index (κ2) is 4.17. The average molecular weight is 177 g/mol. The highest BCUT2D eigenvalue weighted by molar-refractivity contribution is 5.83. The zero-order valence-corrected chi connectivity index (χ0v) is 8.32. The average Bonchev–Trinajstić information content (AvgIpc) is 2.04. The molecule has 1 atom stereocenters. The maximum absolute atomic E-state index is 11.3. The fourth-order valence-corrected chi connectivity index (χ4v) is 1.58. The van der Waals surface area contributed by atoms with Crippen molar-refractivity contribution >= 4 is 5.78 Å². The standard InChI is InChI=1S/C11H15NO/c1-8(2)11(9(3)13)10-6-4-5-7-12-10/h4-8,11H,1-3H3/t11-/m1/s1. The van der Waals surface area contributed by atoms with Gasteiger partial charge in [-0.05, 0) is 25.0 Å². The number of ketones is 1. The molecule has 1 heterocycles. The lowest BCUT2D eigenvalue weighted by Crippen LogP contribution is -2.16. The first-order valence-electron chi connectivity index (χ1n) is 4.54. The van der Waals surface area contributed by atoms with Gasteiger partial charge in [0.1, 0.15) is 5.78 Å². The largest absolute Gasteiger partial charge is 0.299 e. The summed E-state index contributed by atoms with van der Waals surface area (Å²) in [4.78, 5) is 15.5. The van der Waals surface area contributed by atoms with Gasteiger partial charge in [0.15, 0.2) is 0 Å². The van der Waals surface area contributed by atoms with Gasteiger partial charge in [-0.15, -0.1) is 0 Å². The summed E-state index contributed by atoms with van der Waals surface area (Å²) >= 11 is 0. The molecule has 70 valence electrons. The zero-order chi connectivity index (χ0) is 9.84. The minimum absolute atomic E-state index is 0.0544. The van der Waals surface area contributed by atoms with Gasteiger partial charge in [0.2, 0.25) is 0 Å². The van der Waals surface area contributed by atoms with Crippen molar-refractivity contribution in [1.29, 1.82) is 0 Å². The molecular weight excluding hydrogens is 162 g/mol. The first kappa shape index (κ1) is 9.90. The van der Waals surface area contributed by atoms with Crippen molar-refractivity contribution in [2.24, 2.45) is 5.92 Å². The lowest BCUT2D eigenvalue weighted by molar-refractivity contribution is -0.119. The van der Waals surface area contributed by atoms with Crippen LogP contribution in [0.5, 0.6) is 0 Å². The Kier molecular flexibility index (Phi) is 3.18. The van der Waals surface area contributed by atoms with Gasteiger partial charge in [-0.3, -0.25) is 9.78 Å². The van der Waals surface area contributed by atoms with Crippen LogP contribution < -0.4 is 0 Å². The van der Waals surface area contributed by atoms with Crippen molar-refractivity contribution in [3.63, 3.8) is 0 Å². The molecule has 0 N–H and O–H groups in total. The van der Waals surface area contributed by atoms with Gasteiger partial charge < -0.3 is 0 Å². The van der Waals surface area contributed by atoms with Gasteiger partial charge in [0.05, 0.1) is 11.6 Å². The molecule has 0 bridgehead atoms. The third-order valence-corrected chi connectivity index (χ3v) is 2.11. The lowest BCUT2D eigenvalue weighted by atomic mass is 9.89. The molecule has 0 aliphatic carbocycles. The molecule has 0 saturated heterocycles. The minimum atomic E-state index is -0.0544. The summed E-state index contributed by atoms with van der Waals surface area (Å²) in [5, 5.41) is 0. The number of Topliss-reactive ketones (excluding diaryl/α,β-unsaturated/α-hetero) is 1. The second-order valence-corrected chi connectivity index (χ2v) is 3.59. The summed E-state index contributed by atoms with van der Waals surface area (Å²) in [6, 6.07) is 5.69. The van der Waals surface area contributed by atoms with Crippen molar-refractivity contribution < 1.29 is 4.79 Å². The first-order chi connectivity index (χ1) is 6.13. The summed E-state index contributed by atoms with van der Waals surface area (Å²) in [5.74, 6) is 0.447. The van der Waals surface area contributed by atoms with Crippen LogP contribution in [0.4, 0.5) is 0 Å². The fourth-order valence-electron chi connectivity index (χ4n) is 1.58. The number of carbonyl (C=O) groups is 1. The van der Waals surface area contributed by atoms with E-state index < -0.39 is 0 Å². The van der Waals surface area contributed by atoms with Gasteiger partial charge in [0.25, 0.3) is 0 Å². The number of pyridine rings is 1. The zero-order valence-electron chi connectivity index (χ0n) is 8.32. The fraction of sp³-hybridized carbons (Fsp3) is 0.455. The van der Waals surface area contributed by atoms with Gasteiger partial charge in [-0.2, -0.15) is 0 Å². The Morgan fingerprint density at radius 1 is 1.38 bits per heavy atom. The highest BCUT2D eigenvalue weighted by Crippen LogP contribution is 2.22. The van der Waals surface area contributed by atoms with Crippen molar-refractivity contribution in [3.05, 3.63) is 30.1 Å². The van der Waals surface area contributed by atoms with E-state index in [1.165, 1.54) is 0 Å². The van der Waals surface area contributed by atoms with E-state index in [-0.39, 0.29) is 11.7 Å². The highest BCUT2D eigenvalue weighted by atomic mass is 16.1. The van der Waals surface area contributed by atoms with E-state index in [0.717, 1.165) is 5.69 Å². The molecule has 0 fully saturated rings. The van der Waals surface area contributed by atoms with Gasteiger partial charge in [-0.1, -0.05) is 19.9 Å². The molecule has 0 radical (unpaired) electrons. The number of rotatable bonds is 3. The van der Waals surface area contributed by atoms with Crippen LogP contribution in [0.25, 0.3) is 0 Å². The Hall–Kier alpha value is -1.18. The SMILES string of the molecule is CC(=O)[C@H](c1ccccn1)C(C)C. The quantitative estimate of drug-likeness (QED) is 0.709. The van der Waals surface area contributed by atoms with Crippen LogP contribution >= 0.6 is 0 Å². The predicted octanol–water partition coefficient (Wildman–Crippen LogP) is 2.41. The lowest BCUT2D eigenvalue weighted by Gasteiger charge is -2.16. The van der Waals surface area contributed by atoms with Crippen LogP contribution in [0.2, 0.25) is 0 Å². The Balaban J connectivity index is 2.96. The molecule has 0 aromatic carbocycles. The van der Waals surface area contributed by atoms with Crippen LogP contribution in [0.3, 0.4) is 0 Å². The molecule has 0 unspecified atom stereocenters. The summed E-state index contributed by atoms with van der Waals surface area (Å²) < 4.78 is 0.